The number of hydrogen-bond donors (Lipinski definition) is 0. The van der Waals surface area contributed by atoms with Gasteiger partial charge < -0.3 is 18.5 Å². The van der Waals surface area contributed by atoms with Gasteiger partial charge in [0.2, 0.25) is 0 Å². The van der Waals surface area contributed by atoms with Gasteiger partial charge in [-0.2, -0.15) is 4.68 Å². The van der Waals surface area contributed by atoms with Gasteiger partial charge in [0, 0.05) is 24.0 Å². The van der Waals surface area contributed by atoms with E-state index in [-0.39, 0.29) is 16.3 Å². The number of ether oxygens (including phenoxy) is 2. The molecule has 0 aliphatic rings. The fourth-order valence-corrected chi connectivity index (χ4v) is 5.54. The molecule has 0 saturated heterocycles. The zero-order valence-corrected chi connectivity index (χ0v) is 19.5. The molecule has 1 aromatic carbocycles. The van der Waals surface area contributed by atoms with Crippen LogP contribution >= 0.6 is 11.3 Å². The van der Waals surface area contributed by atoms with Crippen molar-refractivity contribution in [1.82, 2.24) is 14.3 Å². The number of hydrogen-bond acceptors (Lipinski definition) is 9. The van der Waals surface area contributed by atoms with Crippen molar-refractivity contribution >= 4 is 27.0 Å². The lowest BCUT2D eigenvalue weighted by atomic mass is 10.1. The first kappa shape index (κ1) is 22.6. The molecule has 12 heteroatoms. The highest BCUT2D eigenvalue weighted by Gasteiger charge is 2.26. The maximum absolute atomic E-state index is 12.9. The normalized spacial score (nSPS) is 11.5. The zero-order valence-electron chi connectivity index (χ0n) is 17.8. The number of sulfone groups is 1. The van der Waals surface area contributed by atoms with Gasteiger partial charge in [-0.25, -0.2) is 13.2 Å². The topological polar surface area (TPSA) is 123 Å². The Morgan fingerprint density at radius 1 is 1.18 bits per heavy atom. The molecule has 172 valence electrons. The number of ketones is 1. The summed E-state index contributed by atoms with van der Waals surface area (Å²) in [6.07, 6.45) is 4.45. The van der Waals surface area contributed by atoms with E-state index in [1.165, 1.54) is 25.7 Å². The van der Waals surface area contributed by atoms with Crippen molar-refractivity contribution in [3.63, 3.8) is 0 Å². The molecule has 0 atom stereocenters. The quantitative estimate of drug-likeness (QED) is 0.346. The molecule has 33 heavy (non-hydrogen) atoms. The number of rotatable bonds is 8. The highest BCUT2D eigenvalue weighted by atomic mass is 32.2. The Labute approximate surface area is 192 Å². The van der Waals surface area contributed by atoms with E-state index >= 15 is 0 Å². The Morgan fingerprint density at radius 2 is 1.91 bits per heavy atom. The number of nitrogens with zero attached hydrogens (tertiary/aromatic N) is 3. The van der Waals surface area contributed by atoms with Crippen molar-refractivity contribution in [2.24, 2.45) is 0 Å². The molecule has 0 N–H and O–H groups in total. The van der Waals surface area contributed by atoms with Crippen LogP contribution in [0.2, 0.25) is 0 Å². The predicted octanol–water partition coefficient (Wildman–Crippen LogP) is 2.66. The Morgan fingerprint density at radius 3 is 2.55 bits per heavy atom. The zero-order chi connectivity index (χ0) is 23.8. The Hall–Kier alpha value is -3.64. The first-order chi connectivity index (χ1) is 15.7. The smallest absolute Gasteiger partial charge is 0.437 e. The van der Waals surface area contributed by atoms with Crippen LogP contribution in [0.1, 0.15) is 10.4 Å². The summed E-state index contributed by atoms with van der Waals surface area (Å²) in [6, 6.07) is 8.22. The van der Waals surface area contributed by atoms with E-state index in [0.717, 1.165) is 22.3 Å². The second-order valence-corrected chi connectivity index (χ2v) is 9.82. The summed E-state index contributed by atoms with van der Waals surface area (Å²) in [5, 5.41) is 5.62. The summed E-state index contributed by atoms with van der Waals surface area (Å²) >= 11 is 1.07. The molecule has 0 saturated carbocycles. The van der Waals surface area contributed by atoms with E-state index in [1.54, 1.807) is 41.2 Å². The van der Waals surface area contributed by atoms with Crippen LogP contribution in [-0.4, -0.2) is 49.0 Å². The monoisotopic (exact) mass is 489 g/mol. The maximum atomic E-state index is 12.9. The van der Waals surface area contributed by atoms with Crippen LogP contribution in [-0.2, 0) is 16.4 Å². The SMILES string of the molecule is COc1ccc(OC)c(C(=O)Cn2nc(-c3scc(S(C)(=O)=O)c3-n3cccc3)oc2=O)c1. The third-order valence-corrected chi connectivity index (χ3v) is 7.01. The molecule has 4 aromatic rings. The lowest BCUT2D eigenvalue weighted by molar-refractivity contribution is 0.0961. The van der Waals surface area contributed by atoms with Gasteiger partial charge in [-0.1, -0.05) is 0 Å². The molecule has 4 rings (SSSR count). The molecular weight excluding hydrogens is 470 g/mol. The summed E-state index contributed by atoms with van der Waals surface area (Å²) in [6.45, 7) is -0.408. The molecule has 3 aromatic heterocycles. The minimum atomic E-state index is -3.56. The van der Waals surface area contributed by atoms with Crippen LogP contribution in [0, 0.1) is 0 Å². The van der Waals surface area contributed by atoms with Crippen molar-refractivity contribution in [2.75, 3.05) is 20.5 Å². The van der Waals surface area contributed by atoms with Crippen molar-refractivity contribution in [2.45, 2.75) is 11.4 Å². The van der Waals surface area contributed by atoms with Gasteiger partial charge in [0.15, 0.2) is 15.6 Å². The largest absolute Gasteiger partial charge is 0.497 e. The minimum absolute atomic E-state index is 0.0769. The second kappa shape index (κ2) is 8.71. The highest BCUT2D eigenvalue weighted by molar-refractivity contribution is 7.91. The standard InChI is InChI=1S/C21H19N3O7S2/c1-29-13-6-7-16(30-2)14(10-13)15(25)11-24-21(26)31-20(22-24)19-18(23-8-4-5-9-23)17(12-32-19)33(3,27)28/h4-10,12H,11H2,1-3H3. The molecule has 3 heterocycles. The fourth-order valence-electron chi connectivity index (χ4n) is 3.23. The molecule has 0 bridgehead atoms. The predicted molar refractivity (Wildman–Crippen MR) is 120 cm³/mol. The van der Waals surface area contributed by atoms with E-state index in [9.17, 15) is 18.0 Å². The molecule has 0 unspecified atom stereocenters. The van der Waals surface area contributed by atoms with Gasteiger partial charge in [0.25, 0.3) is 5.89 Å². The Bertz CT molecular complexity index is 1480. The van der Waals surface area contributed by atoms with Crippen LogP contribution in [0.5, 0.6) is 11.5 Å². The fraction of sp³-hybridized carbons (Fsp3) is 0.190. The number of carbonyl (C=O) groups is 1. The maximum Gasteiger partial charge on any atom is 0.437 e. The average Bonchev–Trinajstić information content (AvgIpc) is 3.52. The van der Waals surface area contributed by atoms with Gasteiger partial charge in [0.1, 0.15) is 27.8 Å². The van der Waals surface area contributed by atoms with E-state index in [2.05, 4.69) is 5.10 Å². The number of Topliss-reactive ketones (excluding diaryl/α,β-unsaturated/α-hetero) is 1. The second-order valence-electron chi connectivity index (χ2n) is 6.96. The average molecular weight is 490 g/mol. The van der Waals surface area contributed by atoms with Gasteiger partial charge >= 0.3 is 5.76 Å². The Balaban J connectivity index is 1.74. The lowest BCUT2D eigenvalue weighted by Gasteiger charge is -2.09. The van der Waals surface area contributed by atoms with Gasteiger partial charge in [-0.3, -0.25) is 4.79 Å². The van der Waals surface area contributed by atoms with E-state index in [1.807, 2.05) is 0 Å². The molecule has 0 spiro atoms. The van der Waals surface area contributed by atoms with Crippen molar-refractivity contribution in [3.05, 3.63) is 64.2 Å². The number of carbonyl (C=O) groups excluding carboxylic acids is 1. The third kappa shape index (κ3) is 4.34. The molecule has 0 aliphatic carbocycles. The lowest BCUT2D eigenvalue weighted by Crippen LogP contribution is -2.22. The van der Waals surface area contributed by atoms with Crippen molar-refractivity contribution < 1.29 is 27.1 Å². The summed E-state index contributed by atoms with van der Waals surface area (Å²) in [5.74, 6) is -0.609. The van der Waals surface area contributed by atoms with Crippen LogP contribution in [0.25, 0.3) is 16.5 Å². The number of aromatic nitrogens is 3. The summed E-state index contributed by atoms with van der Waals surface area (Å²) in [7, 11) is -0.665. The van der Waals surface area contributed by atoms with Gasteiger partial charge in [-0.15, -0.1) is 16.4 Å². The van der Waals surface area contributed by atoms with Crippen LogP contribution in [0.3, 0.4) is 0 Å². The van der Waals surface area contributed by atoms with Crippen molar-refractivity contribution in [3.8, 4) is 28.0 Å². The van der Waals surface area contributed by atoms with E-state index < -0.39 is 27.9 Å². The molecule has 10 nitrogen and oxygen atoms in total. The minimum Gasteiger partial charge on any atom is -0.497 e. The Kier molecular flexibility index (Phi) is 5.95. The molecular formula is C21H19N3O7S2. The molecule has 0 amide bonds. The highest BCUT2D eigenvalue weighted by Crippen LogP contribution is 2.37. The van der Waals surface area contributed by atoms with Crippen LogP contribution < -0.4 is 15.2 Å². The van der Waals surface area contributed by atoms with Crippen molar-refractivity contribution in [1.29, 1.82) is 0 Å². The first-order valence-corrected chi connectivity index (χ1v) is 12.3. The van der Waals surface area contributed by atoms with Gasteiger partial charge in [-0.05, 0) is 30.3 Å². The third-order valence-electron chi connectivity index (χ3n) is 4.80. The first-order valence-electron chi connectivity index (χ1n) is 9.51. The molecule has 0 radical (unpaired) electrons. The molecule has 0 aliphatic heterocycles. The summed E-state index contributed by atoms with van der Waals surface area (Å²) < 4.78 is 42.8. The number of methoxy groups -OCH3 is 2. The van der Waals surface area contributed by atoms with E-state index in [0.29, 0.717) is 22.1 Å². The number of thiophene rings is 1. The summed E-state index contributed by atoms with van der Waals surface area (Å²) in [4.78, 5) is 25.8. The molecule has 0 fully saturated rings. The van der Waals surface area contributed by atoms with Gasteiger partial charge in [0.05, 0.1) is 25.5 Å². The van der Waals surface area contributed by atoms with Crippen LogP contribution in [0.15, 0.2) is 62.2 Å². The number of benzene rings is 1. The van der Waals surface area contributed by atoms with Crippen LogP contribution in [0.4, 0.5) is 0 Å². The van der Waals surface area contributed by atoms with E-state index in [4.69, 9.17) is 13.9 Å². The summed E-state index contributed by atoms with van der Waals surface area (Å²) in [5.41, 5.74) is 0.540.